The van der Waals surface area contributed by atoms with Gasteiger partial charge in [-0.15, -0.1) is 0 Å². The molecule has 100 valence electrons. The minimum absolute atomic E-state index is 0.115. The fraction of sp³-hybridized carbons (Fsp3) is 0.429. The van der Waals surface area contributed by atoms with Gasteiger partial charge in [-0.25, -0.2) is 4.98 Å². The molecule has 2 aromatic rings. The monoisotopic (exact) mass is 275 g/mol. The summed E-state index contributed by atoms with van der Waals surface area (Å²) in [6.45, 7) is 0. The zero-order valence-electron chi connectivity index (χ0n) is 10.7. The summed E-state index contributed by atoms with van der Waals surface area (Å²) in [4.78, 5) is 16.2. The Morgan fingerprint density at radius 2 is 2.26 bits per heavy atom. The Morgan fingerprint density at radius 1 is 1.42 bits per heavy atom. The molecule has 0 aliphatic heterocycles. The fourth-order valence-corrected chi connectivity index (χ4v) is 3.27. The quantitative estimate of drug-likeness (QED) is 0.872. The standard InChI is InChI=1S/C14H17N3OS/c18-13(16-11-5-1-2-6-11)10-19-14-15-9-12-7-3-4-8-17(12)14/h3-4,7-9,11H,1-2,5-6,10H2,(H,16,18). The molecule has 5 heteroatoms. The van der Waals surface area contributed by atoms with E-state index in [0.29, 0.717) is 11.8 Å². The van der Waals surface area contributed by atoms with Crippen LogP contribution in [0.25, 0.3) is 5.52 Å². The van der Waals surface area contributed by atoms with Crippen molar-refractivity contribution in [1.82, 2.24) is 14.7 Å². The number of imidazole rings is 1. The molecule has 0 bridgehead atoms. The van der Waals surface area contributed by atoms with Gasteiger partial charge in [-0.1, -0.05) is 30.7 Å². The molecule has 0 aromatic carbocycles. The molecule has 2 heterocycles. The minimum atomic E-state index is 0.115. The Morgan fingerprint density at radius 3 is 3.11 bits per heavy atom. The molecule has 0 radical (unpaired) electrons. The first-order valence-electron chi connectivity index (χ1n) is 6.67. The smallest absolute Gasteiger partial charge is 0.230 e. The van der Waals surface area contributed by atoms with E-state index in [1.807, 2.05) is 35.0 Å². The number of pyridine rings is 1. The zero-order chi connectivity index (χ0) is 13.1. The number of thioether (sulfide) groups is 1. The van der Waals surface area contributed by atoms with Crippen molar-refractivity contribution >= 4 is 23.2 Å². The van der Waals surface area contributed by atoms with Crippen LogP contribution in [-0.2, 0) is 4.79 Å². The van der Waals surface area contributed by atoms with Crippen molar-refractivity contribution in [2.45, 2.75) is 36.9 Å². The lowest BCUT2D eigenvalue weighted by atomic mass is 10.2. The number of hydrogen-bond donors (Lipinski definition) is 1. The highest BCUT2D eigenvalue weighted by Gasteiger charge is 2.17. The van der Waals surface area contributed by atoms with Crippen molar-refractivity contribution in [3.05, 3.63) is 30.6 Å². The summed E-state index contributed by atoms with van der Waals surface area (Å²) in [7, 11) is 0. The van der Waals surface area contributed by atoms with E-state index in [1.54, 1.807) is 0 Å². The molecule has 1 aliphatic rings. The van der Waals surface area contributed by atoms with E-state index in [1.165, 1.54) is 24.6 Å². The first kappa shape index (κ1) is 12.5. The predicted molar refractivity (Wildman–Crippen MR) is 76.3 cm³/mol. The number of aromatic nitrogens is 2. The van der Waals surface area contributed by atoms with Gasteiger partial charge in [0.2, 0.25) is 5.91 Å². The van der Waals surface area contributed by atoms with E-state index in [-0.39, 0.29) is 5.91 Å². The summed E-state index contributed by atoms with van der Waals surface area (Å²) in [5, 5.41) is 3.96. The number of nitrogens with zero attached hydrogens (tertiary/aromatic N) is 2. The molecule has 2 aromatic heterocycles. The molecule has 0 unspecified atom stereocenters. The van der Waals surface area contributed by atoms with Gasteiger partial charge in [0.05, 0.1) is 17.5 Å². The van der Waals surface area contributed by atoms with Crippen LogP contribution < -0.4 is 5.32 Å². The summed E-state index contributed by atoms with van der Waals surface area (Å²) >= 11 is 1.49. The Bertz CT molecular complexity index is 575. The fourth-order valence-electron chi connectivity index (χ4n) is 2.50. The molecule has 1 fully saturated rings. The first-order chi connectivity index (χ1) is 9.33. The lowest BCUT2D eigenvalue weighted by Gasteiger charge is -2.11. The van der Waals surface area contributed by atoms with Gasteiger partial charge in [-0.05, 0) is 25.0 Å². The van der Waals surface area contributed by atoms with Crippen LogP contribution in [-0.4, -0.2) is 27.1 Å². The molecule has 1 aliphatic carbocycles. The number of hydrogen-bond acceptors (Lipinski definition) is 3. The first-order valence-corrected chi connectivity index (χ1v) is 7.66. The van der Waals surface area contributed by atoms with Gasteiger partial charge in [0.1, 0.15) is 0 Å². The average Bonchev–Trinajstić information content (AvgIpc) is 3.05. The Balaban J connectivity index is 1.58. The topological polar surface area (TPSA) is 46.4 Å². The number of carbonyl (C=O) groups excluding carboxylic acids is 1. The second-order valence-corrected chi connectivity index (χ2v) is 5.82. The van der Waals surface area contributed by atoms with Crippen molar-refractivity contribution in [1.29, 1.82) is 0 Å². The molecule has 0 spiro atoms. The van der Waals surface area contributed by atoms with E-state index < -0.39 is 0 Å². The van der Waals surface area contributed by atoms with Crippen LogP contribution in [0.15, 0.2) is 35.7 Å². The van der Waals surface area contributed by atoms with Crippen LogP contribution in [0.5, 0.6) is 0 Å². The lowest BCUT2D eigenvalue weighted by Crippen LogP contribution is -2.33. The maximum atomic E-state index is 11.9. The van der Waals surface area contributed by atoms with E-state index >= 15 is 0 Å². The molecule has 0 saturated heterocycles. The van der Waals surface area contributed by atoms with Crippen molar-refractivity contribution < 1.29 is 4.79 Å². The van der Waals surface area contributed by atoms with Crippen molar-refractivity contribution in [3.8, 4) is 0 Å². The Kier molecular flexibility index (Phi) is 3.73. The van der Waals surface area contributed by atoms with Crippen molar-refractivity contribution in [3.63, 3.8) is 0 Å². The van der Waals surface area contributed by atoms with Gasteiger partial charge in [-0.3, -0.25) is 9.20 Å². The van der Waals surface area contributed by atoms with Crippen LogP contribution in [0.2, 0.25) is 0 Å². The van der Waals surface area contributed by atoms with Gasteiger partial charge in [0.25, 0.3) is 0 Å². The van der Waals surface area contributed by atoms with Gasteiger partial charge in [0, 0.05) is 12.2 Å². The second kappa shape index (κ2) is 5.65. The molecule has 0 atom stereocenters. The summed E-state index contributed by atoms with van der Waals surface area (Å²) in [5.74, 6) is 0.550. The molecule has 1 N–H and O–H groups in total. The van der Waals surface area contributed by atoms with Gasteiger partial charge < -0.3 is 5.32 Å². The third-order valence-electron chi connectivity index (χ3n) is 3.46. The highest BCUT2D eigenvalue weighted by molar-refractivity contribution is 7.99. The van der Waals surface area contributed by atoms with Crippen LogP contribution in [0.1, 0.15) is 25.7 Å². The van der Waals surface area contributed by atoms with E-state index in [4.69, 9.17) is 0 Å². The summed E-state index contributed by atoms with van der Waals surface area (Å²) in [6, 6.07) is 6.36. The minimum Gasteiger partial charge on any atom is -0.353 e. The highest BCUT2D eigenvalue weighted by Crippen LogP contribution is 2.20. The lowest BCUT2D eigenvalue weighted by molar-refractivity contribution is -0.119. The van der Waals surface area contributed by atoms with Crippen LogP contribution in [0.3, 0.4) is 0 Å². The SMILES string of the molecule is O=C(CSc1ncc2ccccn12)NC1CCCC1. The summed E-state index contributed by atoms with van der Waals surface area (Å²) in [6.07, 6.45) is 8.54. The Hall–Kier alpha value is -1.49. The van der Waals surface area contributed by atoms with Crippen molar-refractivity contribution in [2.24, 2.45) is 0 Å². The number of fused-ring (bicyclic) bond motifs is 1. The predicted octanol–water partition coefficient (Wildman–Crippen LogP) is 2.49. The van der Waals surface area contributed by atoms with Crippen LogP contribution >= 0.6 is 11.8 Å². The molecule has 1 amide bonds. The van der Waals surface area contributed by atoms with Gasteiger partial charge >= 0.3 is 0 Å². The van der Waals surface area contributed by atoms with E-state index in [2.05, 4.69) is 10.3 Å². The van der Waals surface area contributed by atoms with Crippen LogP contribution in [0.4, 0.5) is 0 Å². The third kappa shape index (κ3) is 2.92. The maximum absolute atomic E-state index is 11.9. The van der Waals surface area contributed by atoms with E-state index in [9.17, 15) is 4.79 Å². The van der Waals surface area contributed by atoms with Crippen molar-refractivity contribution in [2.75, 3.05) is 5.75 Å². The molecule has 19 heavy (non-hydrogen) atoms. The second-order valence-electron chi connectivity index (χ2n) is 4.87. The summed E-state index contributed by atoms with van der Waals surface area (Å²) in [5.41, 5.74) is 1.06. The molecule has 4 nitrogen and oxygen atoms in total. The third-order valence-corrected chi connectivity index (χ3v) is 4.42. The largest absolute Gasteiger partial charge is 0.353 e. The van der Waals surface area contributed by atoms with Gasteiger partial charge in [-0.2, -0.15) is 0 Å². The maximum Gasteiger partial charge on any atom is 0.230 e. The number of nitrogens with one attached hydrogen (secondary N) is 1. The number of carbonyl (C=O) groups is 1. The zero-order valence-corrected chi connectivity index (χ0v) is 11.5. The number of rotatable bonds is 4. The highest BCUT2D eigenvalue weighted by atomic mass is 32.2. The van der Waals surface area contributed by atoms with Gasteiger partial charge in [0.15, 0.2) is 5.16 Å². The normalized spacial score (nSPS) is 16.0. The number of amides is 1. The molecular weight excluding hydrogens is 258 g/mol. The molecule has 1 saturated carbocycles. The Labute approximate surface area is 116 Å². The van der Waals surface area contributed by atoms with E-state index in [0.717, 1.165) is 23.5 Å². The summed E-state index contributed by atoms with van der Waals surface area (Å²) < 4.78 is 2.01. The molecular formula is C14H17N3OS. The molecule has 3 rings (SSSR count). The van der Waals surface area contributed by atoms with Crippen LogP contribution in [0, 0.1) is 0 Å². The average molecular weight is 275 g/mol.